The SMILES string of the molecule is COc1cc(/C=N\NC(=S)Nc2ccc(C)cc2C)ccc1OCC#N. The molecule has 2 aromatic carbocycles. The molecule has 2 rings (SSSR count). The normalized spacial score (nSPS) is 10.2. The third-order valence-electron chi connectivity index (χ3n) is 3.49. The van der Waals surface area contributed by atoms with Crippen LogP contribution in [0.15, 0.2) is 41.5 Å². The summed E-state index contributed by atoms with van der Waals surface area (Å²) in [7, 11) is 1.54. The highest BCUT2D eigenvalue weighted by Crippen LogP contribution is 2.27. The predicted octanol–water partition coefficient (Wildman–Crippen LogP) is 3.53. The van der Waals surface area contributed by atoms with E-state index in [0.29, 0.717) is 16.6 Å². The Morgan fingerprint density at radius 2 is 2.04 bits per heavy atom. The molecule has 7 heteroatoms. The molecule has 0 saturated carbocycles. The lowest BCUT2D eigenvalue weighted by molar-refractivity contribution is 0.329. The average Bonchev–Trinajstić information content (AvgIpc) is 2.62. The van der Waals surface area contributed by atoms with Gasteiger partial charge in [0.05, 0.1) is 13.3 Å². The molecule has 6 nitrogen and oxygen atoms in total. The molecule has 2 N–H and O–H groups in total. The topological polar surface area (TPSA) is 78.7 Å². The molecule has 0 unspecified atom stereocenters. The molecule has 0 aliphatic heterocycles. The van der Waals surface area contributed by atoms with Crippen molar-refractivity contribution in [3.63, 3.8) is 0 Å². The smallest absolute Gasteiger partial charge is 0.191 e. The minimum atomic E-state index is -0.0380. The molecular formula is C19H20N4O2S. The summed E-state index contributed by atoms with van der Waals surface area (Å²) >= 11 is 5.25. The molecule has 0 heterocycles. The number of hydrogen-bond acceptors (Lipinski definition) is 5. The number of methoxy groups -OCH3 is 1. The molecule has 26 heavy (non-hydrogen) atoms. The Bertz CT molecular complexity index is 859. The van der Waals surface area contributed by atoms with Crippen LogP contribution >= 0.6 is 12.2 Å². The second-order valence-corrected chi connectivity index (χ2v) is 5.91. The summed E-state index contributed by atoms with van der Waals surface area (Å²) in [6.07, 6.45) is 1.62. The first-order valence-corrected chi connectivity index (χ1v) is 8.29. The maximum atomic E-state index is 8.59. The van der Waals surface area contributed by atoms with Crippen LogP contribution in [0.2, 0.25) is 0 Å². The lowest BCUT2D eigenvalue weighted by Crippen LogP contribution is -2.24. The van der Waals surface area contributed by atoms with E-state index >= 15 is 0 Å². The maximum absolute atomic E-state index is 8.59. The van der Waals surface area contributed by atoms with E-state index in [1.165, 1.54) is 12.7 Å². The number of nitrogens with zero attached hydrogens (tertiary/aromatic N) is 2. The first-order valence-electron chi connectivity index (χ1n) is 7.88. The van der Waals surface area contributed by atoms with Crippen molar-refractivity contribution in [1.29, 1.82) is 5.26 Å². The van der Waals surface area contributed by atoms with Gasteiger partial charge >= 0.3 is 0 Å². The number of nitriles is 1. The molecule has 0 aromatic heterocycles. The Morgan fingerprint density at radius 1 is 1.23 bits per heavy atom. The monoisotopic (exact) mass is 368 g/mol. The van der Waals surface area contributed by atoms with Gasteiger partial charge < -0.3 is 14.8 Å². The van der Waals surface area contributed by atoms with E-state index in [-0.39, 0.29) is 6.61 Å². The Balaban J connectivity index is 1.97. The Kier molecular flexibility index (Phi) is 6.94. The summed E-state index contributed by atoms with van der Waals surface area (Å²) in [6.45, 7) is 4.02. The van der Waals surface area contributed by atoms with Gasteiger partial charge in [-0.1, -0.05) is 17.7 Å². The van der Waals surface area contributed by atoms with E-state index in [9.17, 15) is 0 Å². The molecular weight excluding hydrogens is 348 g/mol. The van der Waals surface area contributed by atoms with Gasteiger partial charge in [-0.15, -0.1) is 0 Å². The van der Waals surface area contributed by atoms with Crippen LogP contribution in [0, 0.1) is 25.2 Å². The standard InChI is InChI=1S/C19H20N4O2S/c1-13-4-6-16(14(2)10-13)22-19(26)23-21-12-15-5-7-17(25-9-8-20)18(11-15)24-3/h4-7,10-12H,9H2,1-3H3,(H2,22,23,26)/b21-12-. The highest BCUT2D eigenvalue weighted by Gasteiger charge is 2.05. The van der Waals surface area contributed by atoms with E-state index in [4.69, 9.17) is 27.0 Å². The van der Waals surface area contributed by atoms with Gasteiger partial charge in [-0.25, -0.2) is 0 Å². The third-order valence-corrected chi connectivity index (χ3v) is 3.68. The summed E-state index contributed by atoms with van der Waals surface area (Å²) in [5, 5.41) is 16.2. The van der Waals surface area contributed by atoms with Gasteiger partial charge in [0, 0.05) is 5.69 Å². The Morgan fingerprint density at radius 3 is 2.73 bits per heavy atom. The third kappa shape index (κ3) is 5.46. The Labute approximate surface area is 158 Å². The van der Waals surface area contributed by atoms with Crippen molar-refractivity contribution in [3.05, 3.63) is 53.1 Å². The van der Waals surface area contributed by atoms with Crippen LogP contribution in [0.3, 0.4) is 0 Å². The fraction of sp³-hybridized carbons (Fsp3) is 0.211. The van der Waals surface area contributed by atoms with E-state index in [0.717, 1.165) is 16.8 Å². The van der Waals surface area contributed by atoms with Crippen molar-refractivity contribution in [2.75, 3.05) is 19.0 Å². The van der Waals surface area contributed by atoms with Gasteiger partial charge in [-0.3, -0.25) is 5.43 Å². The molecule has 0 saturated heterocycles. The van der Waals surface area contributed by atoms with Crippen LogP contribution in [0.25, 0.3) is 0 Å². The number of hydrazone groups is 1. The minimum Gasteiger partial charge on any atom is -0.493 e. The van der Waals surface area contributed by atoms with Crippen LogP contribution in [-0.2, 0) is 0 Å². The molecule has 0 fully saturated rings. The number of ether oxygens (including phenoxy) is 2. The van der Waals surface area contributed by atoms with Gasteiger partial charge in [0.15, 0.2) is 23.2 Å². The van der Waals surface area contributed by atoms with Crippen LogP contribution < -0.4 is 20.2 Å². The average molecular weight is 368 g/mol. The maximum Gasteiger partial charge on any atom is 0.191 e. The van der Waals surface area contributed by atoms with Crippen molar-refractivity contribution in [3.8, 4) is 17.6 Å². The largest absolute Gasteiger partial charge is 0.493 e. The van der Waals surface area contributed by atoms with Crippen molar-refractivity contribution in [1.82, 2.24) is 5.43 Å². The first-order chi connectivity index (χ1) is 12.5. The van der Waals surface area contributed by atoms with Crippen molar-refractivity contribution in [2.45, 2.75) is 13.8 Å². The number of aryl methyl sites for hydroxylation is 2. The van der Waals surface area contributed by atoms with E-state index < -0.39 is 0 Å². The fourth-order valence-corrected chi connectivity index (χ4v) is 2.43. The number of thiocarbonyl (C=S) groups is 1. The molecule has 0 spiro atoms. The molecule has 0 aliphatic carbocycles. The highest BCUT2D eigenvalue weighted by molar-refractivity contribution is 7.80. The van der Waals surface area contributed by atoms with Gasteiger partial charge in [0.1, 0.15) is 6.07 Å². The predicted molar refractivity (Wildman–Crippen MR) is 107 cm³/mol. The van der Waals surface area contributed by atoms with Crippen LogP contribution in [0.1, 0.15) is 16.7 Å². The van der Waals surface area contributed by atoms with Gasteiger partial charge in [0.25, 0.3) is 0 Å². The summed E-state index contributed by atoms with van der Waals surface area (Å²) < 4.78 is 10.5. The minimum absolute atomic E-state index is 0.0380. The number of nitrogens with one attached hydrogen (secondary N) is 2. The lowest BCUT2D eigenvalue weighted by Gasteiger charge is -2.10. The number of rotatable bonds is 6. The van der Waals surface area contributed by atoms with Crippen LogP contribution in [-0.4, -0.2) is 25.0 Å². The zero-order valence-corrected chi connectivity index (χ0v) is 15.7. The molecule has 0 atom stereocenters. The number of benzene rings is 2. The highest BCUT2D eigenvalue weighted by atomic mass is 32.1. The zero-order valence-electron chi connectivity index (χ0n) is 14.9. The van der Waals surface area contributed by atoms with Crippen molar-refractivity contribution < 1.29 is 9.47 Å². The fourth-order valence-electron chi connectivity index (χ4n) is 2.26. The summed E-state index contributed by atoms with van der Waals surface area (Å²) in [5.74, 6) is 1.03. The zero-order chi connectivity index (χ0) is 18.9. The molecule has 0 amide bonds. The molecule has 134 valence electrons. The quantitative estimate of drug-likeness (QED) is 0.461. The lowest BCUT2D eigenvalue weighted by atomic mass is 10.1. The second kappa shape index (κ2) is 9.39. The second-order valence-electron chi connectivity index (χ2n) is 5.50. The van der Waals surface area contributed by atoms with Crippen LogP contribution in [0.5, 0.6) is 11.5 Å². The van der Waals surface area contributed by atoms with Gasteiger partial charge in [0.2, 0.25) is 0 Å². The molecule has 0 bridgehead atoms. The molecule has 0 radical (unpaired) electrons. The first kappa shape index (κ1) is 19.2. The van der Waals surface area contributed by atoms with Crippen molar-refractivity contribution in [2.24, 2.45) is 5.10 Å². The summed E-state index contributed by atoms with van der Waals surface area (Å²) in [4.78, 5) is 0. The van der Waals surface area contributed by atoms with Gasteiger partial charge in [-0.2, -0.15) is 10.4 Å². The molecule has 0 aliphatic rings. The Hall–Kier alpha value is -3.11. The number of anilines is 1. The van der Waals surface area contributed by atoms with Gasteiger partial charge in [-0.05, 0) is 61.5 Å². The summed E-state index contributed by atoms with van der Waals surface area (Å²) in [5.41, 5.74) is 6.82. The van der Waals surface area contributed by atoms with Crippen molar-refractivity contribution >= 4 is 29.2 Å². The van der Waals surface area contributed by atoms with Crippen LogP contribution in [0.4, 0.5) is 5.69 Å². The van der Waals surface area contributed by atoms with E-state index in [2.05, 4.69) is 21.9 Å². The summed E-state index contributed by atoms with van der Waals surface area (Å²) in [6, 6.07) is 13.3. The number of hydrogen-bond donors (Lipinski definition) is 2. The van der Waals surface area contributed by atoms with E-state index in [1.807, 2.05) is 32.0 Å². The molecule has 2 aromatic rings. The van der Waals surface area contributed by atoms with E-state index in [1.54, 1.807) is 24.4 Å².